The Balaban J connectivity index is 2.91. The maximum absolute atomic E-state index is 5.10. The first-order chi connectivity index (χ1) is 4.63. The number of ether oxygens (including phenoxy) is 2. The third-order valence-electron chi connectivity index (χ3n) is 0.801. The van der Waals surface area contributed by atoms with Crippen molar-refractivity contribution in [1.82, 2.24) is 0 Å². The van der Waals surface area contributed by atoms with Crippen LogP contribution in [0.15, 0.2) is 0 Å². The summed E-state index contributed by atoms with van der Waals surface area (Å²) in [4.78, 5) is 0. The quantitative estimate of drug-likeness (QED) is 0.382. The van der Waals surface area contributed by atoms with Crippen LogP contribution in [0.1, 0.15) is 13.8 Å². The summed E-state index contributed by atoms with van der Waals surface area (Å²) in [5.41, 5.74) is -0.0300. The lowest BCUT2D eigenvalue weighted by Gasteiger charge is -2.08. The van der Waals surface area contributed by atoms with Gasteiger partial charge < -0.3 is 9.47 Å². The molecule has 0 aliphatic heterocycles. The molecule has 0 heterocycles. The van der Waals surface area contributed by atoms with Gasteiger partial charge >= 0.3 is 0 Å². The molecule has 62 valence electrons. The van der Waals surface area contributed by atoms with Crippen LogP contribution in [0.4, 0.5) is 0 Å². The average Bonchev–Trinajstić information content (AvgIpc) is 1.79. The molecule has 4 heteroatoms. The van der Waals surface area contributed by atoms with Gasteiger partial charge in [0.1, 0.15) is 0 Å². The van der Waals surface area contributed by atoms with Crippen LogP contribution in [0, 0.1) is 0 Å². The summed E-state index contributed by atoms with van der Waals surface area (Å²) >= 11 is 8.05. The standard InChI is InChI=1S/C6H14O2S2/c1-5(9)7-3-4-8-6(2)10/h5-6,9-10H,3-4H2,1-2H3. The van der Waals surface area contributed by atoms with Gasteiger partial charge in [0.15, 0.2) is 0 Å². The highest BCUT2D eigenvalue weighted by molar-refractivity contribution is 7.80. The third-order valence-corrected chi connectivity index (χ3v) is 1.10. The fourth-order valence-electron chi connectivity index (χ4n) is 0.437. The topological polar surface area (TPSA) is 18.5 Å². The highest BCUT2D eigenvalue weighted by Crippen LogP contribution is 1.97. The van der Waals surface area contributed by atoms with Crippen molar-refractivity contribution in [2.45, 2.75) is 24.7 Å². The van der Waals surface area contributed by atoms with E-state index in [4.69, 9.17) is 9.47 Å². The monoisotopic (exact) mass is 182 g/mol. The van der Waals surface area contributed by atoms with Crippen molar-refractivity contribution in [3.63, 3.8) is 0 Å². The Morgan fingerprint density at radius 3 is 1.50 bits per heavy atom. The fourth-order valence-corrected chi connectivity index (χ4v) is 0.648. The maximum Gasteiger partial charge on any atom is 0.0972 e. The van der Waals surface area contributed by atoms with Crippen LogP contribution in [0.3, 0.4) is 0 Å². The van der Waals surface area contributed by atoms with Gasteiger partial charge in [0.05, 0.1) is 24.1 Å². The largest absolute Gasteiger partial charge is 0.366 e. The van der Waals surface area contributed by atoms with Gasteiger partial charge in [-0.1, -0.05) is 0 Å². The van der Waals surface area contributed by atoms with Crippen LogP contribution in [0.25, 0.3) is 0 Å². The Morgan fingerprint density at radius 2 is 1.30 bits per heavy atom. The van der Waals surface area contributed by atoms with Gasteiger partial charge in [0.25, 0.3) is 0 Å². The van der Waals surface area contributed by atoms with Crippen LogP contribution in [-0.2, 0) is 9.47 Å². The second kappa shape index (κ2) is 6.34. The van der Waals surface area contributed by atoms with Crippen LogP contribution >= 0.6 is 25.3 Å². The molecule has 0 radical (unpaired) electrons. The number of thiol groups is 2. The minimum atomic E-state index is -0.0150. The van der Waals surface area contributed by atoms with E-state index in [1.807, 2.05) is 13.8 Å². The number of rotatable bonds is 5. The molecule has 0 amide bonds. The molecule has 0 bridgehead atoms. The van der Waals surface area contributed by atoms with Gasteiger partial charge in [-0.05, 0) is 13.8 Å². The number of hydrogen-bond donors (Lipinski definition) is 2. The second-order valence-electron chi connectivity index (χ2n) is 1.94. The molecule has 0 aromatic carbocycles. The minimum absolute atomic E-state index is 0.0150. The molecule has 0 N–H and O–H groups in total. The molecule has 2 unspecified atom stereocenters. The zero-order valence-corrected chi connectivity index (χ0v) is 8.07. The van der Waals surface area contributed by atoms with Gasteiger partial charge in [0.2, 0.25) is 0 Å². The molecule has 0 aromatic rings. The van der Waals surface area contributed by atoms with Crippen molar-refractivity contribution in [3.05, 3.63) is 0 Å². The summed E-state index contributed by atoms with van der Waals surface area (Å²) < 4.78 is 10.2. The summed E-state index contributed by atoms with van der Waals surface area (Å²) in [7, 11) is 0. The highest BCUT2D eigenvalue weighted by atomic mass is 32.1. The van der Waals surface area contributed by atoms with E-state index in [-0.39, 0.29) is 10.9 Å². The molecular formula is C6H14O2S2. The van der Waals surface area contributed by atoms with Crippen molar-refractivity contribution < 1.29 is 9.47 Å². The molecule has 0 spiro atoms. The molecule has 0 saturated carbocycles. The van der Waals surface area contributed by atoms with Gasteiger partial charge in [0, 0.05) is 0 Å². The summed E-state index contributed by atoms with van der Waals surface area (Å²) in [5, 5.41) is 0. The third kappa shape index (κ3) is 8.62. The summed E-state index contributed by atoms with van der Waals surface area (Å²) in [5.74, 6) is 0. The Labute approximate surface area is 73.1 Å². The summed E-state index contributed by atoms with van der Waals surface area (Å²) in [6.07, 6.45) is 0. The van der Waals surface area contributed by atoms with E-state index in [1.54, 1.807) is 0 Å². The molecule has 0 aliphatic carbocycles. The van der Waals surface area contributed by atoms with E-state index in [0.717, 1.165) is 0 Å². The van der Waals surface area contributed by atoms with E-state index in [1.165, 1.54) is 0 Å². The average molecular weight is 182 g/mol. The second-order valence-corrected chi connectivity index (χ2v) is 3.39. The minimum Gasteiger partial charge on any atom is -0.366 e. The van der Waals surface area contributed by atoms with Gasteiger partial charge in [-0.2, -0.15) is 0 Å². The Morgan fingerprint density at radius 1 is 1.00 bits per heavy atom. The zero-order chi connectivity index (χ0) is 7.98. The number of hydrogen-bond acceptors (Lipinski definition) is 4. The highest BCUT2D eigenvalue weighted by Gasteiger charge is 1.95. The smallest absolute Gasteiger partial charge is 0.0972 e. The first-order valence-electron chi connectivity index (χ1n) is 3.22. The summed E-state index contributed by atoms with van der Waals surface area (Å²) in [6, 6.07) is 0. The molecule has 0 saturated heterocycles. The first-order valence-corrected chi connectivity index (χ1v) is 4.25. The lowest BCUT2D eigenvalue weighted by atomic mass is 10.7. The zero-order valence-electron chi connectivity index (χ0n) is 6.28. The van der Waals surface area contributed by atoms with Crippen LogP contribution in [0.5, 0.6) is 0 Å². The van der Waals surface area contributed by atoms with E-state index < -0.39 is 0 Å². The molecule has 0 rings (SSSR count). The van der Waals surface area contributed by atoms with Crippen molar-refractivity contribution in [3.8, 4) is 0 Å². The molecule has 2 nitrogen and oxygen atoms in total. The Kier molecular flexibility index (Phi) is 6.73. The van der Waals surface area contributed by atoms with E-state index in [9.17, 15) is 0 Å². The van der Waals surface area contributed by atoms with Crippen LogP contribution in [-0.4, -0.2) is 24.1 Å². The summed E-state index contributed by atoms with van der Waals surface area (Å²) in [6.45, 7) is 4.89. The maximum atomic E-state index is 5.10. The predicted molar refractivity (Wildman–Crippen MR) is 48.8 cm³/mol. The Bertz CT molecular complexity index is 66.1. The van der Waals surface area contributed by atoms with Crippen molar-refractivity contribution in [1.29, 1.82) is 0 Å². The lowest BCUT2D eigenvalue weighted by molar-refractivity contribution is 0.0386. The Hall–Kier alpha value is 0.620. The molecule has 10 heavy (non-hydrogen) atoms. The molecule has 0 aliphatic rings. The molecular weight excluding hydrogens is 168 g/mol. The van der Waals surface area contributed by atoms with Crippen LogP contribution in [0.2, 0.25) is 0 Å². The fraction of sp³-hybridized carbons (Fsp3) is 1.00. The van der Waals surface area contributed by atoms with E-state index in [2.05, 4.69) is 25.3 Å². The van der Waals surface area contributed by atoms with Gasteiger partial charge in [-0.15, -0.1) is 25.3 Å². The van der Waals surface area contributed by atoms with Crippen molar-refractivity contribution >= 4 is 25.3 Å². The molecule has 2 atom stereocenters. The van der Waals surface area contributed by atoms with E-state index >= 15 is 0 Å². The van der Waals surface area contributed by atoms with Crippen LogP contribution < -0.4 is 0 Å². The van der Waals surface area contributed by atoms with Gasteiger partial charge in [-0.3, -0.25) is 0 Å². The predicted octanol–water partition coefficient (Wildman–Crippen LogP) is 1.57. The molecule has 0 fully saturated rings. The van der Waals surface area contributed by atoms with Crippen molar-refractivity contribution in [2.75, 3.05) is 13.2 Å². The SMILES string of the molecule is CC(S)OCCOC(C)S. The first kappa shape index (κ1) is 10.6. The van der Waals surface area contributed by atoms with E-state index in [0.29, 0.717) is 13.2 Å². The van der Waals surface area contributed by atoms with Crippen molar-refractivity contribution in [2.24, 2.45) is 0 Å². The van der Waals surface area contributed by atoms with Gasteiger partial charge in [-0.25, -0.2) is 0 Å². The normalized spacial score (nSPS) is 16.8. The molecule has 0 aromatic heterocycles. The lowest BCUT2D eigenvalue weighted by Crippen LogP contribution is -2.10.